The third-order valence-corrected chi connectivity index (χ3v) is 2.92. The van der Waals surface area contributed by atoms with Gasteiger partial charge < -0.3 is 10.1 Å². The average molecular weight is 229 g/mol. The largest absolute Gasteiger partial charge is 0.380 e. The molecule has 1 N–H and O–H groups in total. The Morgan fingerprint density at radius 1 is 1.19 bits per heavy atom. The fraction of sp³-hybridized carbons (Fsp3) is 0.923. The molecule has 0 rings (SSSR count). The van der Waals surface area contributed by atoms with Crippen LogP contribution in [0.3, 0.4) is 0 Å². The maximum atomic E-state index is 11.7. The Kier molecular flexibility index (Phi) is 8.26. The monoisotopic (exact) mass is 229 g/mol. The van der Waals surface area contributed by atoms with E-state index in [9.17, 15) is 4.79 Å². The lowest BCUT2D eigenvalue weighted by molar-refractivity contribution is -0.129. The van der Waals surface area contributed by atoms with Crippen LogP contribution in [0.1, 0.15) is 53.4 Å². The van der Waals surface area contributed by atoms with Crippen molar-refractivity contribution in [2.24, 2.45) is 5.41 Å². The van der Waals surface area contributed by atoms with Crippen molar-refractivity contribution >= 4 is 5.91 Å². The molecular formula is C13H27NO2. The lowest BCUT2D eigenvalue weighted by atomic mass is 9.89. The highest BCUT2D eigenvalue weighted by Crippen LogP contribution is 2.18. The summed E-state index contributed by atoms with van der Waals surface area (Å²) in [6, 6.07) is 0. The number of rotatable bonds is 9. The molecule has 0 saturated carbocycles. The maximum Gasteiger partial charge on any atom is 0.225 e. The number of nitrogens with one attached hydrogen (secondary N) is 1. The molecule has 1 amide bonds. The summed E-state index contributed by atoms with van der Waals surface area (Å²) in [5, 5.41) is 2.90. The number of ether oxygens (including phenoxy) is 1. The highest BCUT2D eigenvalue weighted by molar-refractivity contribution is 5.81. The Labute approximate surface area is 99.9 Å². The van der Waals surface area contributed by atoms with Crippen LogP contribution in [0, 0.1) is 5.41 Å². The molecule has 0 aromatic heterocycles. The Bertz CT molecular complexity index is 190. The zero-order valence-corrected chi connectivity index (χ0v) is 11.3. The van der Waals surface area contributed by atoms with Gasteiger partial charge in [0.1, 0.15) is 0 Å². The number of carbonyl (C=O) groups excluding carboxylic acids is 1. The molecule has 0 fully saturated rings. The van der Waals surface area contributed by atoms with Crippen molar-refractivity contribution in [1.29, 1.82) is 0 Å². The molecule has 0 aromatic carbocycles. The summed E-state index contributed by atoms with van der Waals surface area (Å²) < 4.78 is 5.42. The molecule has 3 heteroatoms. The molecule has 0 aliphatic heterocycles. The normalized spacial score (nSPS) is 11.5. The molecular weight excluding hydrogens is 202 g/mol. The summed E-state index contributed by atoms with van der Waals surface area (Å²) in [5.74, 6) is 0.118. The van der Waals surface area contributed by atoms with Gasteiger partial charge in [-0.1, -0.05) is 40.5 Å². The third kappa shape index (κ3) is 6.83. The summed E-state index contributed by atoms with van der Waals surface area (Å²) >= 11 is 0. The second-order valence-electron chi connectivity index (χ2n) is 4.81. The van der Waals surface area contributed by atoms with E-state index in [1.54, 1.807) is 0 Å². The average Bonchev–Trinajstić information content (AvgIpc) is 2.27. The summed E-state index contributed by atoms with van der Waals surface area (Å²) in [6.07, 6.45) is 4.40. The predicted molar refractivity (Wildman–Crippen MR) is 67.4 cm³/mol. The summed E-state index contributed by atoms with van der Waals surface area (Å²) in [5.41, 5.74) is -0.262. The van der Waals surface area contributed by atoms with Crippen LogP contribution in [0.25, 0.3) is 0 Å². The SMILES string of the molecule is CCCCCOCCNC(=O)C(C)(C)CC. The van der Waals surface area contributed by atoms with Crippen LogP contribution < -0.4 is 5.32 Å². The first-order chi connectivity index (χ1) is 7.54. The molecule has 0 bridgehead atoms. The van der Waals surface area contributed by atoms with E-state index >= 15 is 0 Å². The van der Waals surface area contributed by atoms with E-state index in [2.05, 4.69) is 12.2 Å². The van der Waals surface area contributed by atoms with Gasteiger partial charge in [-0.2, -0.15) is 0 Å². The third-order valence-electron chi connectivity index (χ3n) is 2.92. The van der Waals surface area contributed by atoms with Gasteiger partial charge in [-0.3, -0.25) is 4.79 Å². The van der Waals surface area contributed by atoms with Crippen molar-refractivity contribution in [3.63, 3.8) is 0 Å². The maximum absolute atomic E-state index is 11.7. The van der Waals surface area contributed by atoms with Gasteiger partial charge in [-0.15, -0.1) is 0 Å². The van der Waals surface area contributed by atoms with Crippen molar-refractivity contribution in [3.05, 3.63) is 0 Å². The van der Waals surface area contributed by atoms with E-state index in [0.717, 1.165) is 19.4 Å². The summed E-state index contributed by atoms with van der Waals surface area (Å²) in [4.78, 5) is 11.7. The zero-order chi connectivity index (χ0) is 12.4. The molecule has 0 aliphatic rings. The first kappa shape index (κ1) is 15.4. The molecule has 0 aromatic rings. The number of carbonyl (C=O) groups is 1. The summed E-state index contributed by atoms with van der Waals surface area (Å²) in [6.45, 7) is 10.2. The molecule has 0 spiro atoms. The second-order valence-corrected chi connectivity index (χ2v) is 4.81. The van der Waals surface area contributed by atoms with Gasteiger partial charge in [0.05, 0.1) is 6.61 Å². The van der Waals surface area contributed by atoms with Crippen LogP contribution >= 0.6 is 0 Å². The highest BCUT2D eigenvalue weighted by Gasteiger charge is 2.24. The fourth-order valence-electron chi connectivity index (χ4n) is 1.19. The highest BCUT2D eigenvalue weighted by atomic mass is 16.5. The minimum absolute atomic E-state index is 0.118. The Morgan fingerprint density at radius 3 is 2.44 bits per heavy atom. The molecule has 0 saturated heterocycles. The molecule has 16 heavy (non-hydrogen) atoms. The minimum Gasteiger partial charge on any atom is -0.380 e. The number of hydrogen-bond donors (Lipinski definition) is 1. The van der Waals surface area contributed by atoms with Gasteiger partial charge in [-0.05, 0) is 12.8 Å². The van der Waals surface area contributed by atoms with Crippen molar-refractivity contribution < 1.29 is 9.53 Å². The molecule has 3 nitrogen and oxygen atoms in total. The summed E-state index contributed by atoms with van der Waals surface area (Å²) in [7, 11) is 0. The van der Waals surface area contributed by atoms with Crippen LogP contribution in [0.4, 0.5) is 0 Å². The van der Waals surface area contributed by atoms with Gasteiger partial charge in [0.15, 0.2) is 0 Å². The van der Waals surface area contributed by atoms with Gasteiger partial charge in [-0.25, -0.2) is 0 Å². The Balaban J connectivity index is 3.42. The molecule has 0 atom stereocenters. The van der Waals surface area contributed by atoms with E-state index in [1.165, 1.54) is 12.8 Å². The molecule has 96 valence electrons. The van der Waals surface area contributed by atoms with E-state index in [1.807, 2.05) is 20.8 Å². The lowest BCUT2D eigenvalue weighted by Crippen LogP contribution is -2.38. The first-order valence-electron chi connectivity index (χ1n) is 6.40. The van der Waals surface area contributed by atoms with E-state index in [0.29, 0.717) is 13.2 Å². The van der Waals surface area contributed by atoms with Gasteiger partial charge in [0.25, 0.3) is 0 Å². The Hall–Kier alpha value is -0.570. The van der Waals surface area contributed by atoms with E-state index in [4.69, 9.17) is 4.74 Å². The van der Waals surface area contributed by atoms with Gasteiger partial charge in [0, 0.05) is 18.6 Å². The van der Waals surface area contributed by atoms with Crippen molar-refractivity contribution in [3.8, 4) is 0 Å². The van der Waals surface area contributed by atoms with Gasteiger partial charge >= 0.3 is 0 Å². The molecule has 0 heterocycles. The van der Waals surface area contributed by atoms with E-state index < -0.39 is 0 Å². The lowest BCUT2D eigenvalue weighted by Gasteiger charge is -2.21. The standard InChI is InChI=1S/C13H27NO2/c1-5-7-8-10-16-11-9-14-12(15)13(3,4)6-2/h5-11H2,1-4H3,(H,14,15). The number of hydrogen-bond acceptors (Lipinski definition) is 2. The molecule has 0 aliphatic carbocycles. The van der Waals surface area contributed by atoms with Crippen LogP contribution in [-0.2, 0) is 9.53 Å². The molecule has 0 unspecified atom stereocenters. The smallest absolute Gasteiger partial charge is 0.225 e. The van der Waals surface area contributed by atoms with Crippen LogP contribution in [0.15, 0.2) is 0 Å². The number of amides is 1. The second kappa shape index (κ2) is 8.57. The van der Waals surface area contributed by atoms with Crippen molar-refractivity contribution in [1.82, 2.24) is 5.32 Å². The topological polar surface area (TPSA) is 38.3 Å². The minimum atomic E-state index is -0.262. The van der Waals surface area contributed by atoms with Crippen molar-refractivity contribution in [2.75, 3.05) is 19.8 Å². The number of unbranched alkanes of at least 4 members (excludes halogenated alkanes) is 2. The molecule has 0 radical (unpaired) electrons. The Morgan fingerprint density at radius 2 is 1.88 bits per heavy atom. The first-order valence-corrected chi connectivity index (χ1v) is 6.40. The zero-order valence-electron chi connectivity index (χ0n) is 11.3. The predicted octanol–water partition coefficient (Wildman–Crippen LogP) is 2.75. The van der Waals surface area contributed by atoms with Crippen LogP contribution in [-0.4, -0.2) is 25.7 Å². The van der Waals surface area contributed by atoms with E-state index in [-0.39, 0.29) is 11.3 Å². The van der Waals surface area contributed by atoms with Crippen molar-refractivity contribution in [2.45, 2.75) is 53.4 Å². The van der Waals surface area contributed by atoms with Crippen LogP contribution in [0.5, 0.6) is 0 Å². The fourth-order valence-corrected chi connectivity index (χ4v) is 1.19. The quantitative estimate of drug-likeness (QED) is 0.617. The van der Waals surface area contributed by atoms with Gasteiger partial charge in [0.2, 0.25) is 5.91 Å². The van der Waals surface area contributed by atoms with Crippen LogP contribution in [0.2, 0.25) is 0 Å².